The summed E-state index contributed by atoms with van der Waals surface area (Å²) in [5, 5.41) is 13.2. The second kappa shape index (κ2) is 14.6. The number of nitrogens with two attached hydrogens (primary N) is 1. The molecular weight excluding hydrogens is 621 g/mol. The molecule has 1 heterocycles. The van der Waals surface area contributed by atoms with Crippen LogP contribution < -0.4 is 16.4 Å². The molecule has 46 heavy (non-hydrogen) atoms. The summed E-state index contributed by atoms with van der Waals surface area (Å²) in [7, 11) is 0. The van der Waals surface area contributed by atoms with Crippen LogP contribution in [0, 0.1) is 6.92 Å². The first-order chi connectivity index (χ1) is 21.8. The van der Waals surface area contributed by atoms with Crippen molar-refractivity contribution < 1.29 is 37.5 Å². The number of Topliss-reactive ketones (excluding diaryl/α,β-unsaturated/α-hetero) is 1. The fourth-order valence-corrected chi connectivity index (χ4v) is 5.15. The van der Waals surface area contributed by atoms with E-state index >= 15 is 0 Å². The first kappa shape index (κ1) is 33.5. The van der Waals surface area contributed by atoms with Gasteiger partial charge in [0.1, 0.15) is 6.04 Å². The van der Waals surface area contributed by atoms with Gasteiger partial charge in [0.05, 0.1) is 10.2 Å². The second-order valence-electron chi connectivity index (χ2n) is 9.91. The summed E-state index contributed by atoms with van der Waals surface area (Å²) in [4.78, 5) is 52.9. The molecule has 1 unspecified atom stereocenters. The highest BCUT2D eigenvalue weighted by Gasteiger charge is 2.38. The number of thiazole rings is 1. The number of halogens is 3. The van der Waals surface area contributed by atoms with E-state index in [0.29, 0.717) is 34.4 Å². The number of hydrogen-bond donors (Lipinski definition) is 4. The lowest BCUT2D eigenvalue weighted by molar-refractivity contribution is -0.192. The molecule has 5 aromatic rings. The maximum Gasteiger partial charge on any atom is 0.490 e. The average Bonchev–Trinajstić information content (AvgIpc) is 3.47. The number of alkyl halides is 3. The van der Waals surface area contributed by atoms with Crippen LogP contribution in [-0.4, -0.2) is 39.8 Å². The Hall–Kier alpha value is -5.40. The highest BCUT2D eigenvalue weighted by Crippen LogP contribution is 2.29. The van der Waals surface area contributed by atoms with Gasteiger partial charge in [-0.25, -0.2) is 9.78 Å². The Morgan fingerprint density at radius 1 is 0.870 bits per heavy atom. The standard InChI is InChI=1S/C31H26N4O3S.C2HF3O2/c1-19-6-5-9-23(16-19)30(38)33-24-14-15-25-26(17-24)39-31(34-25)28(36)27(21-12-10-20(18-32)11-13-21)35-29(37)22-7-3-2-4-8-22;3-2(4,5)1(6)7/h2-17,27H,18,32H2,1H3,(H,33,38)(H,35,37);(H,6,7). The monoisotopic (exact) mass is 648 g/mol. The van der Waals surface area contributed by atoms with Crippen molar-refractivity contribution in [2.75, 3.05) is 5.32 Å². The molecule has 0 fully saturated rings. The highest BCUT2D eigenvalue weighted by molar-refractivity contribution is 7.20. The van der Waals surface area contributed by atoms with Crippen molar-refractivity contribution in [2.45, 2.75) is 25.7 Å². The Bertz CT molecular complexity index is 1880. The number of aryl methyl sites for hydroxylation is 1. The molecule has 0 aliphatic rings. The van der Waals surface area contributed by atoms with Gasteiger partial charge in [0, 0.05) is 23.4 Å². The van der Waals surface area contributed by atoms with Crippen LogP contribution in [0.5, 0.6) is 0 Å². The van der Waals surface area contributed by atoms with E-state index in [4.69, 9.17) is 15.6 Å². The maximum absolute atomic E-state index is 13.8. The number of ketones is 1. The van der Waals surface area contributed by atoms with E-state index in [9.17, 15) is 27.6 Å². The summed E-state index contributed by atoms with van der Waals surface area (Å²) in [6, 6.07) is 27.7. The van der Waals surface area contributed by atoms with E-state index in [1.54, 1.807) is 60.7 Å². The number of carbonyl (C=O) groups excluding carboxylic acids is 3. The van der Waals surface area contributed by atoms with Gasteiger partial charge in [0.15, 0.2) is 5.01 Å². The van der Waals surface area contributed by atoms with Crippen LogP contribution in [0.2, 0.25) is 0 Å². The van der Waals surface area contributed by atoms with Crippen LogP contribution in [0.15, 0.2) is 97.1 Å². The number of aromatic nitrogens is 1. The molecule has 2 amide bonds. The first-order valence-electron chi connectivity index (χ1n) is 13.6. The van der Waals surface area contributed by atoms with E-state index in [-0.39, 0.29) is 22.6 Å². The average molecular weight is 649 g/mol. The minimum absolute atomic E-state index is 0.219. The number of carboxylic acid groups (broad SMARTS) is 1. The molecular formula is C33H27F3N4O5S. The van der Waals surface area contributed by atoms with E-state index in [2.05, 4.69) is 15.6 Å². The smallest absolute Gasteiger partial charge is 0.475 e. The summed E-state index contributed by atoms with van der Waals surface area (Å²) in [6.07, 6.45) is -5.08. The number of carboxylic acids is 1. The Labute approximate surface area is 264 Å². The first-order valence-corrected chi connectivity index (χ1v) is 14.4. The molecule has 0 saturated heterocycles. The van der Waals surface area contributed by atoms with E-state index in [1.807, 2.05) is 43.3 Å². The summed E-state index contributed by atoms with van der Waals surface area (Å²) in [6.45, 7) is 2.30. The molecule has 0 aliphatic carbocycles. The molecule has 0 saturated carbocycles. The molecule has 5 rings (SSSR count). The summed E-state index contributed by atoms with van der Waals surface area (Å²) in [5.74, 6) is -3.67. The number of benzene rings is 4. The predicted molar refractivity (Wildman–Crippen MR) is 168 cm³/mol. The maximum atomic E-state index is 13.8. The zero-order valence-electron chi connectivity index (χ0n) is 24.2. The lowest BCUT2D eigenvalue weighted by Gasteiger charge is -2.17. The van der Waals surface area contributed by atoms with Gasteiger partial charge in [0.25, 0.3) is 11.8 Å². The zero-order valence-corrected chi connectivity index (χ0v) is 25.0. The van der Waals surface area contributed by atoms with Gasteiger partial charge in [-0.2, -0.15) is 13.2 Å². The van der Waals surface area contributed by atoms with Crippen LogP contribution in [0.4, 0.5) is 18.9 Å². The molecule has 0 aliphatic heterocycles. The van der Waals surface area contributed by atoms with Gasteiger partial charge < -0.3 is 21.5 Å². The lowest BCUT2D eigenvalue weighted by Crippen LogP contribution is -2.34. The van der Waals surface area contributed by atoms with Crippen LogP contribution in [-0.2, 0) is 11.3 Å². The van der Waals surface area contributed by atoms with Gasteiger partial charge in [-0.3, -0.25) is 14.4 Å². The minimum Gasteiger partial charge on any atom is -0.475 e. The quantitative estimate of drug-likeness (QED) is 0.144. The van der Waals surface area contributed by atoms with Crippen molar-refractivity contribution in [3.63, 3.8) is 0 Å². The summed E-state index contributed by atoms with van der Waals surface area (Å²) in [5.41, 5.74) is 10.5. The molecule has 5 N–H and O–H groups in total. The third kappa shape index (κ3) is 8.61. The van der Waals surface area contributed by atoms with Crippen molar-refractivity contribution >= 4 is 50.8 Å². The lowest BCUT2D eigenvalue weighted by atomic mass is 10.0. The van der Waals surface area contributed by atoms with Crippen molar-refractivity contribution in [3.8, 4) is 0 Å². The van der Waals surface area contributed by atoms with Crippen molar-refractivity contribution in [3.05, 3.63) is 130 Å². The highest BCUT2D eigenvalue weighted by atomic mass is 32.1. The molecule has 0 bridgehead atoms. The van der Waals surface area contributed by atoms with Gasteiger partial charge in [0.2, 0.25) is 5.78 Å². The van der Waals surface area contributed by atoms with Gasteiger partial charge in [-0.15, -0.1) is 11.3 Å². The van der Waals surface area contributed by atoms with Gasteiger partial charge in [-0.1, -0.05) is 60.2 Å². The molecule has 9 nitrogen and oxygen atoms in total. The number of hydrogen-bond acceptors (Lipinski definition) is 7. The molecule has 1 aromatic heterocycles. The molecule has 0 radical (unpaired) electrons. The SMILES string of the molecule is Cc1cccc(C(=O)Nc2ccc3nc(C(=O)C(NC(=O)c4ccccc4)c4ccc(CN)cc4)sc3c2)c1.O=C(O)C(F)(F)F. The molecule has 4 aromatic carbocycles. The number of anilines is 1. The fourth-order valence-electron chi connectivity index (χ4n) is 4.17. The third-order valence-electron chi connectivity index (χ3n) is 6.50. The Balaban J connectivity index is 0.000000617. The number of aliphatic carboxylic acids is 1. The summed E-state index contributed by atoms with van der Waals surface area (Å²) >= 11 is 1.22. The normalized spacial score (nSPS) is 11.6. The van der Waals surface area contributed by atoms with Crippen LogP contribution in [0.3, 0.4) is 0 Å². The van der Waals surface area contributed by atoms with Crippen LogP contribution in [0.1, 0.15) is 53.3 Å². The number of nitrogens with zero attached hydrogens (tertiary/aromatic N) is 1. The summed E-state index contributed by atoms with van der Waals surface area (Å²) < 4.78 is 32.5. The predicted octanol–water partition coefficient (Wildman–Crippen LogP) is 6.30. The Kier molecular flexibility index (Phi) is 10.6. The van der Waals surface area contributed by atoms with Crippen molar-refractivity contribution in [1.29, 1.82) is 0 Å². The topological polar surface area (TPSA) is 151 Å². The number of fused-ring (bicyclic) bond motifs is 1. The number of carbonyl (C=O) groups is 4. The van der Waals surface area contributed by atoms with E-state index < -0.39 is 18.2 Å². The number of amides is 2. The number of nitrogens with one attached hydrogen (secondary N) is 2. The number of rotatable bonds is 8. The Morgan fingerprint density at radius 2 is 1.52 bits per heavy atom. The molecule has 13 heteroatoms. The van der Waals surface area contributed by atoms with Crippen molar-refractivity contribution in [1.82, 2.24) is 10.3 Å². The molecule has 236 valence electrons. The van der Waals surface area contributed by atoms with E-state index in [1.165, 1.54) is 11.3 Å². The fraction of sp³-hybridized carbons (Fsp3) is 0.121. The second-order valence-corrected chi connectivity index (χ2v) is 10.9. The van der Waals surface area contributed by atoms with E-state index in [0.717, 1.165) is 15.8 Å². The largest absolute Gasteiger partial charge is 0.490 e. The van der Waals surface area contributed by atoms with Crippen molar-refractivity contribution in [2.24, 2.45) is 5.73 Å². The van der Waals surface area contributed by atoms with Gasteiger partial charge >= 0.3 is 12.1 Å². The third-order valence-corrected chi connectivity index (χ3v) is 7.53. The van der Waals surface area contributed by atoms with Gasteiger partial charge in [-0.05, 0) is 60.5 Å². The van der Waals surface area contributed by atoms with Crippen LogP contribution in [0.25, 0.3) is 10.2 Å². The van der Waals surface area contributed by atoms with Crippen LogP contribution >= 0.6 is 11.3 Å². The minimum atomic E-state index is -5.08. The zero-order chi connectivity index (χ0) is 33.4. The molecule has 0 spiro atoms. The molecule has 1 atom stereocenters. The Morgan fingerprint density at radius 3 is 2.13 bits per heavy atom.